The first kappa shape index (κ1) is 13.3. The molecule has 0 aliphatic heterocycles. The molecule has 98 valence electrons. The Morgan fingerprint density at radius 2 is 1.94 bits per heavy atom. The van der Waals surface area contributed by atoms with Crippen LogP contribution in [0.2, 0.25) is 0 Å². The van der Waals surface area contributed by atoms with Crippen LogP contribution in [0.4, 0.5) is 0 Å². The number of aryl methyl sites for hydroxylation is 1. The summed E-state index contributed by atoms with van der Waals surface area (Å²) in [5.74, 6) is 0.253. The highest BCUT2D eigenvalue weighted by atomic mass is 16.1. The summed E-state index contributed by atoms with van der Waals surface area (Å²) in [6, 6.07) is 8.09. The summed E-state index contributed by atoms with van der Waals surface area (Å²) in [5.41, 5.74) is 8.07. The van der Waals surface area contributed by atoms with Gasteiger partial charge in [0.15, 0.2) is 5.78 Å². The zero-order valence-corrected chi connectivity index (χ0v) is 11.2. The van der Waals surface area contributed by atoms with E-state index in [1.165, 1.54) is 12.0 Å². The summed E-state index contributed by atoms with van der Waals surface area (Å²) in [5, 5.41) is 0. The van der Waals surface area contributed by atoms with Gasteiger partial charge in [0, 0.05) is 12.0 Å². The SMILES string of the molecule is CCCc1ccc(C(=O)CC2(CN)CCC2)cc1. The van der Waals surface area contributed by atoms with Crippen LogP contribution in [0.15, 0.2) is 24.3 Å². The van der Waals surface area contributed by atoms with Crippen molar-refractivity contribution in [2.45, 2.75) is 45.4 Å². The third-order valence-electron chi connectivity index (χ3n) is 4.20. The molecule has 0 amide bonds. The first-order chi connectivity index (χ1) is 8.69. The van der Waals surface area contributed by atoms with E-state index < -0.39 is 0 Å². The van der Waals surface area contributed by atoms with Crippen LogP contribution in [-0.2, 0) is 6.42 Å². The minimum absolute atomic E-state index is 0.110. The Morgan fingerprint density at radius 1 is 1.28 bits per heavy atom. The Kier molecular flexibility index (Phi) is 4.18. The fourth-order valence-electron chi connectivity index (χ4n) is 2.72. The van der Waals surface area contributed by atoms with Crippen molar-refractivity contribution in [3.05, 3.63) is 35.4 Å². The molecular weight excluding hydrogens is 222 g/mol. The Bertz CT molecular complexity index is 398. The molecule has 1 saturated carbocycles. The van der Waals surface area contributed by atoms with Crippen molar-refractivity contribution in [2.75, 3.05) is 6.54 Å². The molecular formula is C16H23NO. The second kappa shape index (κ2) is 5.66. The first-order valence-electron chi connectivity index (χ1n) is 7.01. The lowest BCUT2D eigenvalue weighted by molar-refractivity contribution is 0.0786. The van der Waals surface area contributed by atoms with Crippen LogP contribution in [0.1, 0.15) is 54.9 Å². The summed E-state index contributed by atoms with van der Waals surface area (Å²) in [7, 11) is 0. The van der Waals surface area contributed by atoms with Gasteiger partial charge < -0.3 is 5.73 Å². The van der Waals surface area contributed by atoms with E-state index >= 15 is 0 Å². The number of hydrogen-bond donors (Lipinski definition) is 1. The normalized spacial score (nSPS) is 17.2. The maximum absolute atomic E-state index is 12.2. The van der Waals surface area contributed by atoms with E-state index in [0.717, 1.165) is 31.2 Å². The van der Waals surface area contributed by atoms with Gasteiger partial charge in [0.05, 0.1) is 0 Å². The summed E-state index contributed by atoms with van der Waals surface area (Å²) in [4.78, 5) is 12.2. The topological polar surface area (TPSA) is 43.1 Å². The average molecular weight is 245 g/mol. The van der Waals surface area contributed by atoms with Gasteiger partial charge in [-0.05, 0) is 36.8 Å². The lowest BCUT2D eigenvalue weighted by Crippen LogP contribution is -2.39. The molecule has 2 nitrogen and oxygen atoms in total. The van der Waals surface area contributed by atoms with E-state index in [1.54, 1.807) is 0 Å². The van der Waals surface area contributed by atoms with Gasteiger partial charge in [-0.2, -0.15) is 0 Å². The van der Waals surface area contributed by atoms with Crippen molar-refractivity contribution in [1.82, 2.24) is 0 Å². The van der Waals surface area contributed by atoms with Crippen LogP contribution in [0.25, 0.3) is 0 Å². The van der Waals surface area contributed by atoms with Crippen LogP contribution in [0, 0.1) is 5.41 Å². The van der Waals surface area contributed by atoms with E-state index in [9.17, 15) is 4.79 Å². The van der Waals surface area contributed by atoms with Crippen LogP contribution in [0.5, 0.6) is 0 Å². The number of nitrogens with two attached hydrogens (primary N) is 1. The van der Waals surface area contributed by atoms with Gasteiger partial charge in [-0.1, -0.05) is 44.0 Å². The lowest BCUT2D eigenvalue weighted by Gasteiger charge is -2.40. The standard InChI is InChI=1S/C16H23NO/c1-2-4-13-5-7-14(8-6-13)15(18)11-16(12-17)9-3-10-16/h5-8H,2-4,9-12,17H2,1H3. The van der Waals surface area contributed by atoms with Gasteiger partial charge in [0.1, 0.15) is 0 Å². The predicted molar refractivity (Wildman–Crippen MR) is 74.7 cm³/mol. The molecule has 1 fully saturated rings. The quantitative estimate of drug-likeness (QED) is 0.781. The van der Waals surface area contributed by atoms with Gasteiger partial charge in [0.2, 0.25) is 0 Å². The largest absolute Gasteiger partial charge is 0.330 e. The molecule has 2 N–H and O–H groups in total. The van der Waals surface area contributed by atoms with Crippen LogP contribution in [-0.4, -0.2) is 12.3 Å². The molecule has 2 rings (SSSR count). The molecule has 0 radical (unpaired) electrons. The van der Waals surface area contributed by atoms with Crippen molar-refractivity contribution in [3.8, 4) is 0 Å². The van der Waals surface area contributed by atoms with Gasteiger partial charge >= 0.3 is 0 Å². The van der Waals surface area contributed by atoms with Gasteiger partial charge in [-0.15, -0.1) is 0 Å². The van der Waals surface area contributed by atoms with Gasteiger partial charge in [-0.3, -0.25) is 4.79 Å². The molecule has 0 bridgehead atoms. The second-order valence-electron chi connectivity index (χ2n) is 5.60. The minimum Gasteiger partial charge on any atom is -0.330 e. The summed E-state index contributed by atoms with van der Waals surface area (Å²) >= 11 is 0. The zero-order valence-electron chi connectivity index (χ0n) is 11.2. The van der Waals surface area contributed by atoms with E-state index in [4.69, 9.17) is 5.73 Å². The Hall–Kier alpha value is -1.15. The third kappa shape index (κ3) is 2.81. The molecule has 0 aromatic heterocycles. The molecule has 1 aromatic rings. The molecule has 0 heterocycles. The molecule has 0 unspecified atom stereocenters. The van der Waals surface area contributed by atoms with Crippen LogP contribution < -0.4 is 5.73 Å². The van der Waals surface area contributed by atoms with Crippen LogP contribution in [0.3, 0.4) is 0 Å². The maximum atomic E-state index is 12.2. The van der Waals surface area contributed by atoms with Gasteiger partial charge in [0.25, 0.3) is 0 Å². The van der Waals surface area contributed by atoms with Crippen molar-refractivity contribution < 1.29 is 4.79 Å². The minimum atomic E-state index is 0.110. The zero-order chi connectivity index (χ0) is 13.0. The predicted octanol–water partition coefficient (Wildman–Crippen LogP) is 3.34. The number of carbonyl (C=O) groups is 1. The number of carbonyl (C=O) groups excluding carboxylic acids is 1. The number of benzene rings is 1. The molecule has 18 heavy (non-hydrogen) atoms. The van der Waals surface area contributed by atoms with E-state index in [2.05, 4.69) is 19.1 Å². The van der Waals surface area contributed by atoms with Crippen molar-refractivity contribution in [2.24, 2.45) is 11.1 Å². The van der Waals surface area contributed by atoms with Crippen molar-refractivity contribution in [3.63, 3.8) is 0 Å². The summed E-state index contributed by atoms with van der Waals surface area (Å²) < 4.78 is 0. The van der Waals surface area contributed by atoms with Crippen LogP contribution >= 0.6 is 0 Å². The molecule has 0 spiro atoms. The highest BCUT2D eigenvalue weighted by Gasteiger charge is 2.37. The fraction of sp³-hybridized carbons (Fsp3) is 0.562. The molecule has 2 heteroatoms. The summed E-state index contributed by atoms with van der Waals surface area (Å²) in [6.07, 6.45) is 6.30. The molecule has 1 aliphatic rings. The highest BCUT2D eigenvalue weighted by Crippen LogP contribution is 2.43. The molecule has 0 saturated heterocycles. The van der Waals surface area contributed by atoms with E-state index in [1.807, 2.05) is 12.1 Å². The van der Waals surface area contributed by atoms with E-state index in [0.29, 0.717) is 13.0 Å². The molecule has 0 atom stereocenters. The lowest BCUT2D eigenvalue weighted by atomic mass is 9.65. The average Bonchev–Trinajstić information content (AvgIpc) is 2.35. The fourth-order valence-corrected chi connectivity index (χ4v) is 2.72. The van der Waals surface area contributed by atoms with Crippen molar-refractivity contribution >= 4 is 5.78 Å². The third-order valence-corrected chi connectivity index (χ3v) is 4.20. The second-order valence-corrected chi connectivity index (χ2v) is 5.60. The van der Waals surface area contributed by atoms with Gasteiger partial charge in [-0.25, -0.2) is 0 Å². The number of ketones is 1. The monoisotopic (exact) mass is 245 g/mol. The Morgan fingerprint density at radius 3 is 2.39 bits per heavy atom. The Balaban J connectivity index is 2.00. The maximum Gasteiger partial charge on any atom is 0.163 e. The highest BCUT2D eigenvalue weighted by molar-refractivity contribution is 5.96. The molecule has 1 aromatic carbocycles. The summed E-state index contributed by atoms with van der Waals surface area (Å²) in [6.45, 7) is 2.81. The number of Topliss-reactive ketones (excluding diaryl/α,β-unsaturated/α-hetero) is 1. The Labute approximate surface area is 110 Å². The smallest absolute Gasteiger partial charge is 0.163 e. The molecule has 1 aliphatic carbocycles. The first-order valence-corrected chi connectivity index (χ1v) is 7.01. The van der Waals surface area contributed by atoms with E-state index in [-0.39, 0.29) is 11.2 Å². The number of rotatable bonds is 6. The number of hydrogen-bond acceptors (Lipinski definition) is 2. The van der Waals surface area contributed by atoms with Crippen molar-refractivity contribution in [1.29, 1.82) is 0 Å².